The van der Waals surface area contributed by atoms with Crippen molar-refractivity contribution in [1.82, 2.24) is 0 Å². The molecular formula is C24H23N3O3. The lowest BCUT2D eigenvalue weighted by Gasteiger charge is -2.40. The maximum absolute atomic E-state index is 13.1. The third-order valence-electron chi connectivity index (χ3n) is 5.81. The normalized spacial score (nSPS) is 18.9. The summed E-state index contributed by atoms with van der Waals surface area (Å²) in [6.45, 7) is 1.98. The van der Waals surface area contributed by atoms with Gasteiger partial charge in [-0.2, -0.15) is 5.26 Å². The Morgan fingerprint density at radius 2 is 2.00 bits per heavy atom. The molecule has 0 radical (unpaired) electrons. The van der Waals surface area contributed by atoms with Gasteiger partial charge in [0.15, 0.2) is 17.3 Å². The molecule has 0 aromatic heterocycles. The molecule has 0 spiro atoms. The number of hydrogen-bond acceptors (Lipinski definition) is 6. The van der Waals surface area contributed by atoms with Crippen LogP contribution < -0.4 is 15.4 Å². The molecule has 1 atom stereocenters. The number of nitriles is 1. The van der Waals surface area contributed by atoms with Gasteiger partial charge in [-0.25, -0.2) is 0 Å². The number of benzene rings is 2. The van der Waals surface area contributed by atoms with Gasteiger partial charge < -0.3 is 15.6 Å². The van der Waals surface area contributed by atoms with Crippen LogP contribution >= 0.6 is 0 Å². The molecule has 6 heteroatoms. The summed E-state index contributed by atoms with van der Waals surface area (Å²) in [5, 5.41) is 20.1. The minimum absolute atomic E-state index is 0.00164. The largest absolute Gasteiger partial charge is 0.504 e. The standard InChI is InChI=1S/C24H23N3O3/c1-14-6-3-4-7-17(14)27-18-8-5-9-20(29)23(18)22(16(13-25)24(27)26)15-10-11-19(28)21(12-15)30-2/h3-4,6-7,10-12,22,28H,5,8-9,26H2,1-2H3. The highest BCUT2D eigenvalue weighted by atomic mass is 16.5. The number of ether oxygens (including phenoxy) is 1. The lowest BCUT2D eigenvalue weighted by molar-refractivity contribution is -0.116. The predicted molar refractivity (Wildman–Crippen MR) is 114 cm³/mol. The van der Waals surface area contributed by atoms with Gasteiger partial charge in [0.25, 0.3) is 0 Å². The quantitative estimate of drug-likeness (QED) is 0.806. The average molecular weight is 401 g/mol. The predicted octanol–water partition coefficient (Wildman–Crippen LogP) is 4.01. The minimum Gasteiger partial charge on any atom is -0.504 e. The molecule has 3 N–H and O–H groups in total. The van der Waals surface area contributed by atoms with Gasteiger partial charge in [0, 0.05) is 17.7 Å². The Morgan fingerprint density at radius 1 is 1.23 bits per heavy atom. The number of nitrogens with zero attached hydrogens (tertiary/aromatic N) is 2. The molecule has 1 heterocycles. The fourth-order valence-corrected chi connectivity index (χ4v) is 4.38. The summed E-state index contributed by atoms with van der Waals surface area (Å²) in [6, 6.07) is 14.9. The molecule has 2 aromatic rings. The maximum atomic E-state index is 13.1. The van der Waals surface area contributed by atoms with Gasteiger partial charge in [0.05, 0.1) is 30.4 Å². The summed E-state index contributed by atoms with van der Waals surface area (Å²) in [6.07, 6.45) is 1.87. The van der Waals surface area contributed by atoms with E-state index < -0.39 is 5.92 Å². The average Bonchev–Trinajstić information content (AvgIpc) is 2.74. The van der Waals surface area contributed by atoms with Crippen molar-refractivity contribution in [2.45, 2.75) is 32.1 Å². The fraction of sp³-hybridized carbons (Fsp3) is 0.250. The number of ketones is 1. The first kappa shape index (κ1) is 19.6. The van der Waals surface area contributed by atoms with Crippen LogP contribution in [0, 0.1) is 18.3 Å². The van der Waals surface area contributed by atoms with E-state index in [2.05, 4.69) is 6.07 Å². The van der Waals surface area contributed by atoms with Crippen LogP contribution in [0.15, 0.2) is 65.1 Å². The Kier molecular flexibility index (Phi) is 4.96. The number of nitrogens with two attached hydrogens (primary N) is 1. The highest BCUT2D eigenvalue weighted by Gasteiger charge is 2.40. The molecule has 2 aliphatic rings. The zero-order valence-electron chi connectivity index (χ0n) is 17.0. The second-order valence-electron chi connectivity index (χ2n) is 7.53. The molecule has 0 fully saturated rings. The van der Waals surface area contributed by atoms with Crippen molar-refractivity contribution >= 4 is 11.5 Å². The Morgan fingerprint density at radius 3 is 2.70 bits per heavy atom. The van der Waals surface area contributed by atoms with Crippen molar-refractivity contribution in [2.75, 3.05) is 12.0 Å². The second kappa shape index (κ2) is 7.60. The highest BCUT2D eigenvalue weighted by molar-refractivity contribution is 6.01. The van der Waals surface area contributed by atoms with E-state index in [4.69, 9.17) is 10.5 Å². The number of carbonyl (C=O) groups excluding carboxylic acids is 1. The number of aryl methyl sites for hydroxylation is 1. The van der Waals surface area contributed by atoms with Crippen molar-refractivity contribution in [3.05, 3.63) is 76.3 Å². The van der Waals surface area contributed by atoms with Gasteiger partial charge in [0.1, 0.15) is 5.82 Å². The third-order valence-corrected chi connectivity index (χ3v) is 5.81. The van der Waals surface area contributed by atoms with Crippen LogP contribution in [0.2, 0.25) is 0 Å². The molecule has 1 aliphatic carbocycles. The number of hydrogen-bond donors (Lipinski definition) is 2. The maximum Gasteiger partial charge on any atom is 0.161 e. The molecule has 0 saturated heterocycles. The summed E-state index contributed by atoms with van der Waals surface area (Å²) >= 11 is 0. The lowest BCUT2D eigenvalue weighted by atomic mass is 9.75. The SMILES string of the molecule is COc1cc(C2C(C#N)=C(N)N(c3ccccc3C)C3=C2C(=O)CCC3)ccc1O. The number of para-hydroxylation sites is 1. The molecule has 152 valence electrons. The van der Waals surface area contributed by atoms with E-state index >= 15 is 0 Å². The Bertz CT molecular complexity index is 1140. The molecule has 1 unspecified atom stereocenters. The van der Waals surface area contributed by atoms with Gasteiger partial charge >= 0.3 is 0 Å². The molecule has 0 bridgehead atoms. The van der Waals surface area contributed by atoms with Gasteiger partial charge in [-0.3, -0.25) is 9.69 Å². The molecular weight excluding hydrogens is 378 g/mol. The molecule has 30 heavy (non-hydrogen) atoms. The summed E-state index contributed by atoms with van der Waals surface area (Å²) in [5.41, 5.74) is 10.9. The number of phenols is 1. The first-order chi connectivity index (χ1) is 14.5. The van der Waals surface area contributed by atoms with E-state index in [-0.39, 0.29) is 17.3 Å². The lowest BCUT2D eigenvalue weighted by Crippen LogP contribution is -2.39. The van der Waals surface area contributed by atoms with Crippen LogP contribution in [0.5, 0.6) is 11.5 Å². The van der Waals surface area contributed by atoms with Crippen LogP contribution in [-0.4, -0.2) is 18.0 Å². The van der Waals surface area contributed by atoms with Crippen molar-refractivity contribution in [3.63, 3.8) is 0 Å². The van der Waals surface area contributed by atoms with E-state index in [0.717, 1.165) is 23.4 Å². The van der Waals surface area contributed by atoms with E-state index in [0.29, 0.717) is 35.4 Å². The molecule has 0 saturated carbocycles. The number of allylic oxidation sites excluding steroid dienone is 3. The Labute approximate surface area is 175 Å². The number of anilines is 1. The van der Waals surface area contributed by atoms with Crippen molar-refractivity contribution < 1.29 is 14.6 Å². The first-order valence-electron chi connectivity index (χ1n) is 9.86. The Hall–Kier alpha value is -3.72. The summed E-state index contributed by atoms with van der Waals surface area (Å²) < 4.78 is 5.25. The number of Topliss-reactive ketones (excluding diaryl/α,β-unsaturated/α-hetero) is 1. The van der Waals surface area contributed by atoms with Crippen molar-refractivity contribution in [2.24, 2.45) is 5.73 Å². The summed E-state index contributed by atoms with van der Waals surface area (Å²) in [7, 11) is 1.46. The van der Waals surface area contributed by atoms with E-state index in [9.17, 15) is 15.2 Å². The summed E-state index contributed by atoms with van der Waals surface area (Å²) in [4.78, 5) is 15.0. The van der Waals surface area contributed by atoms with Gasteiger partial charge in [-0.15, -0.1) is 0 Å². The highest BCUT2D eigenvalue weighted by Crippen LogP contribution is 2.47. The van der Waals surface area contributed by atoms with Crippen molar-refractivity contribution in [1.29, 1.82) is 5.26 Å². The Balaban J connectivity index is 1.99. The monoisotopic (exact) mass is 401 g/mol. The van der Waals surface area contributed by atoms with Gasteiger partial charge in [0.2, 0.25) is 0 Å². The molecule has 4 rings (SSSR count). The first-order valence-corrected chi connectivity index (χ1v) is 9.86. The zero-order valence-corrected chi connectivity index (χ0v) is 17.0. The number of methoxy groups -OCH3 is 1. The second-order valence-corrected chi connectivity index (χ2v) is 7.53. The van der Waals surface area contributed by atoms with Crippen LogP contribution in [-0.2, 0) is 4.79 Å². The molecule has 6 nitrogen and oxygen atoms in total. The molecule has 2 aromatic carbocycles. The number of aromatic hydroxyl groups is 1. The van der Waals surface area contributed by atoms with Gasteiger partial charge in [-0.05, 0) is 49.1 Å². The summed E-state index contributed by atoms with van der Waals surface area (Å²) in [5.74, 6) is 0.0466. The smallest absolute Gasteiger partial charge is 0.161 e. The van der Waals surface area contributed by atoms with Gasteiger partial charge in [-0.1, -0.05) is 24.3 Å². The van der Waals surface area contributed by atoms with E-state index in [1.54, 1.807) is 12.1 Å². The van der Waals surface area contributed by atoms with Crippen LogP contribution in [0.25, 0.3) is 0 Å². The van der Waals surface area contributed by atoms with Crippen LogP contribution in [0.3, 0.4) is 0 Å². The van der Waals surface area contributed by atoms with Crippen LogP contribution in [0.1, 0.15) is 36.3 Å². The van der Waals surface area contributed by atoms with E-state index in [1.165, 1.54) is 13.2 Å². The number of phenolic OH excluding ortho intramolecular Hbond substituents is 1. The number of rotatable bonds is 3. The van der Waals surface area contributed by atoms with Crippen molar-refractivity contribution in [3.8, 4) is 17.6 Å². The topological polar surface area (TPSA) is 99.6 Å². The minimum atomic E-state index is -0.590. The number of carbonyl (C=O) groups is 1. The fourth-order valence-electron chi connectivity index (χ4n) is 4.38. The zero-order chi connectivity index (χ0) is 21.4. The molecule has 0 amide bonds. The molecule has 1 aliphatic heterocycles. The third kappa shape index (κ3) is 3.00. The van der Waals surface area contributed by atoms with E-state index in [1.807, 2.05) is 36.1 Å². The van der Waals surface area contributed by atoms with Crippen LogP contribution in [0.4, 0.5) is 5.69 Å².